The van der Waals surface area contributed by atoms with E-state index in [-0.39, 0.29) is 18.9 Å². The van der Waals surface area contributed by atoms with E-state index in [1.807, 2.05) is 30.3 Å². The van der Waals surface area contributed by atoms with E-state index in [0.29, 0.717) is 10.1 Å². The highest BCUT2D eigenvalue weighted by Gasteiger charge is 2.19. The second-order valence-electron chi connectivity index (χ2n) is 4.33. The van der Waals surface area contributed by atoms with Gasteiger partial charge >= 0.3 is 12.1 Å². The van der Waals surface area contributed by atoms with E-state index in [2.05, 4.69) is 27.7 Å². The molecule has 0 unspecified atom stereocenters. The van der Waals surface area contributed by atoms with Gasteiger partial charge in [0.2, 0.25) is 0 Å². The number of rotatable bonds is 5. The summed E-state index contributed by atoms with van der Waals surface area (Å²) < 4.78 is 11.7. The molecule has 7 heteroatoms. The van der Waals surface area contributed by atoms with Crippen molar-refractivity contribution in [2.45, 2.75) is 18.0 Å². The molecule has 0 spiro atoms. The first-order chi connectivity index (χ1) is 10.7. The SMILES string of the molecule is CCOC(=O)c1cc(CI)n(C(=O)OCc2ccccc2)n1. The summed E-state index contributed by atoms with van der Waals surface area (Å²) in [5, 5.41) is 3.97. The number of hydrogen-bond donors (Lipinski definition) is 0. The van der Waals surface area contributed by atoms with Crippen LogP contribution in [0.4, 0.5) is 4.79 Å². The number of carbonyl (C=O) groups excluding carboxylic acids is 2. The van der Waals surface area contributed by atoms with Gasteiger partial charge in [-0.1, -0.05) is 52.9 Å². The van der Waals surface area contributed by atoms with Crippen LogP contribution in [0, 0.1) is 0 Å². The Labute approximate surface area is 141 Å². The van der Waals surface area contributed by atoms with Gasteiger partial charge in [-0.3, -0.25) is 0 Å². The lowest BCUT2D eigenvalue weighted by atomic mass is 10.2. The molecule has 0 radical (unpaired) electrons. The van der Waals surface area contributed by atoms with Crippen LogP contribution in [0.3, 0.4) is 0 Å². The number of aromatic nitrogens is 2. The molecule has 1 aromatic heterocycles. The first kappa shape index (κ1) is 16.5. The largest absolute Gasteiger partial charge is 0.461 e. The van der Waals surface area contributed by atoms with Crippen molar-refractivity contribution in [2.75, 3.05) is 6.61 Å². The first-order valence-corrected chi connectivity index (χ1v) is 8.21. The number of alkyl halides is 1. The predicted molar refractivity (Wildman–Crippen MR) is 87.9 cm³/mol. The molecule has 1 aromatic carbocycles. The molecule has 0 aliphatic carbocycles. The average Bonchev–Trinajstić information content (AvgIpc) is 2.98. The smallest absolute Gasteiger partial charge is 0.435 e. The molecule has 0 aliphatic rings. The summed E-state index contributed by atoms with van der Waals surface area (Å²) in [4.78, 5) is 23.8. The Balaban J connectivity index is 2.10. The molecule has 1 heterocycles. The van der Waals surface area contributed by atoms with Crippen LogP contribution in [0.15, 0.2) is 36.4 Å². The Morgan fingerprint density at radius 2 is 1.95 bits per heavy atom. The third kappa shape index (κ3) is 4.06. The number of hydrogen-bond acceptors (Lipinski definition) is 5. The Hall–Kier alpha value is -1.90. The molecule has 0 atom stereocenters. The fraction of sp³-hybridized carbons (Fsp3) is 0.267. The van der Waals surface area contributed by atoms with E-state index < -0.39 is 12.1 Å². The summed E-state index contributed by atoms with van der Waals surface area (Å²) in [7, 11) is 0. The topological polar surface area (TPSA) is 70.4 Å². The van der Waals surface area contributed by atoms with Crippen molar-refractivity contribution in [3.8, 4) is 0 Å². The minimum Gasteiger partial charge on any atom is -0.461 e. The Bertz CT molecular complexity index is 655. The summed E-state index contributed by atoms with van der Waals surface area (Å²) in [6.07, 6.45) is -0.619. The van der Waals surface area contributed by atoms with Gasteiger partial charge in [0.15, 0.2) is 5.69 Å². The van der Waals surface area contributed by atoms with Crippen molar-refractivity contribution < 1.29 is 19.1 Å². The van der Waals surface area contributed by atoms with Crippen molar-refractivity contribution in [3.05, 3.63) is 53.3 Å². The van der Waals surface area contributed by atoms with Crippen LogP contribution < -0.4 is 0 Å². The highest BCUT2D eigenvalue weighted by atomic mass is 127. The van der Waals surface area contributed by atoms with Crippen molar-refractivity contribution in [3.63, 3.8) is 0 Å². The molecule has 0 bridgehead atoms. The zero-order valence-corrected chi connectivity index (χ0v) is 14.1. The second kappa shape index (κ2) is 7.92. The standard InChI is InChI=1S/C15H15IN2O4/c1-2-21-14(19)13-8-12(9-16)18(17-13)15(20)22-10-11-6-4-3-5-7-11/h3-8H,2,9-10H2,1H3. The minimum absolute atomic E-state index is 0.102. The van der Waals surface area contributed by atoms with Crippen molar-refractivity contribution >= 4 is 34.7 Å². The van der Waals surface area contributed by atoms with Gasteiger partial charge in [-0.05, 0) is 18.6 Å². The van der Waals surface area contributed by atoms with Crippen LogP contribution in [0.2, 0.25) is 0 Å². The van der Waals surface area contributed by atoms with Crippen LogP contribution in [-0.2, 0) is 20.5 Å². The van der Waals surface area contributed by atoms with Gasteiger partial charge in [-0.15, -0.1) is 0 Å². The van der Waals surface area contributed by atoms with Crippen molar-refractivity contribution in [2.24, 2.45) is 0 Å². The molecule has 2 aromatic rings. The number of benzene rings is 1. The maximum Gasteiger partial charge on any atom is 0.435 e. The molecule has 0 saturated heterocycles. The lowest BCUT2D eigenvalue weighted by Crippen LogP contribution is -2.18. The van der Waals surface area contributed by atoms with Gasteiger partial charge < -0.3 is 9.47 Å². The van der Waals surface area contributed by atoms with Gasteiger partial charge in [0, 0.05) is 4.43 Å². The first-order valence-electron chi connectivity index (χ1n) is 6.68. The number of esters is 1. The lowest BCUT2D eigenvalue weighted by Gasteiger charge is -2.06. The van der Waals surface area contributed by atoms with E-state index in [0.717, 1.165) is 10.2 Å². The Kier molecular flexibility index (Phi) is 5.93. The summed E-state index contributed by atoms with van der Waals surface area (Å²) >= 11 is 2.09. The van der Waals surface area contributed by atoms with Crippen LogP contribution >= 0.6 is 22.6 Å². The molecule has 0 saturated carbocycles. The molecular weight excluding hydrogens is 399 g/mol. The third-order valence-corrected chi connectivity index (χ3v) is 3.56. The van der Waals surface area contributed by atoms with Crippen LogP contribution in [0.1, 0.15) is 28.7 Å². The molecule has 0 amide bonds. The number of carbonyl (C=O) groups is 2. The van der Waals surface area contributed by atoms with Crippen LogP contribution in [0.25, 0.3) is 0 Å². The highest BCUT2D eigenvalue weighted by Crippen LogP contribution is 2.12. The lowest BCUT2D eigenvalue weighted by molar-refractivity contribution is 0.0518. The highest BCUT2D eigenvalue weighted by molar-refractivity contribution is 14.1. The molecule has 2 rings (SSSR count). The Morgan fingerprint density at radius 1 is 1.23 bits per heavy atom. The van der Waals surface area contributed by atoms with Gasteiger partial charge in [-0.25, -0.2) is 9.59 Å². The third-order valence-electron chi connectivity index (χ3n) is 2.78. The van der Waals surface area contributed by atoms with Crippen LogP contribution in [0.5, 0.6) is 0 Å². The number of ether oxygens (including phenoxy) is 2. The van der Waals surface area contributed by atoms with E-state index in [4.69, 9.17) is 9.47 Å². The van der Waals surface area contributed by atoms with Gasteiger partial charge in [0.1, 0.15) is 6.61 Å². The number of nitrogens with zero attached hydrogens (tertiary/aromatic N) is 2. The average molecular weight is 414 g/mol. The molecule has 0 fully saturated rings. The van der Waals surface area contributed by atoms with Gasteiger partial charge in [-0.2, -0.15) is 9.78 Å². The fourth-order valence-electron chi connectivity index (χ4n) is 1.76. The predicted octanol–water partition coefficient (Wildman–Crippen LogP) is 3.18. The van der Waals surface area contributed by atoms with Crippen molar-refractivity contribution in [1.29, 1.82) is 0 Å². The molecule has 22 heavy (non-hydrogen) atoms. The Morgan fingerprint density at radius 3 is 2.59 bits per heavy atom. The maximum atomic E-state index is 12.1. The van der Waals surface area contributed by atoms with Gasteiger partial charge in [0.25, 0.3) is 0 Å². The summed E-state index contributed by atoms with van der Waals surface area (Å²) in [5.74, 6) is -0.553. The monoisotopic (exact) mass is 414 g/mol. The summed E-state index contributed by atoms with van der Waals surface area (Å²) in [6.45, 7) is 2.11. The van der Waals surface area contributed by atoms with Gasteiger partial charge in [0.05, 0.1) is 12.3 Å². The second-order valence-corrected chi connectivity index (χ2v) is 5.09. The zero-order chi connectivity index (χ0) is 15.9. The maximum absolute atomic E-state index is 12.1. The van der Waals surface area contributed by atoms with E-state index >= 15 is 0 Å². The summed E-state index contributed by atoms with van der Waals surface area (Å²) in [5.41, 5.74) is 1.57. The van der Waals surface area contributed by atoms with Crippen molar-refractivity contribution in [1.82, 2.24) is 9.78 Å². The molecule has 6 nitrogen and oxygen atoms in total. The fourth-order valence-corrected chi connectivity index (χ4v) is 2.30. The molecular formula is C15H15IN2O4. The molecule has 0 N–H and O–H groups in total. The molecule has 0 aliphatic heterocycles. The van der Waals surface area contributed by atoms with E-state index in [9.17, 15) is 9.59 Å². The van der Waals surface area contributed by atoms with Crippen LogP contribution in [-0.4, -0.2) is 28.4 Å². The minimum atomic E-state index is -0.619. The summed E-state index contributed by atoms with van der Waals surface area (Å²) in [6, 6.07) is 10.9. The van der Waals surface area contributed by atoms with E-state index in [1.54, 1.807) is 6.92 Å². The normalized spacial score (nSPS) is 10.3. The zero-order valence-electron chi connectivity index (χ0n) is 12.0. The number of halogens is 1. The quantitative estimate of drug-likeness (QED) is 0.427. The van der Waals surface area contributed by atoms with E-state index in [1.165, 1.54) is 6.07 Å². The molecule has 116 valence electrons.